The van der Waals surface area contributed by atoms with Crippen LogP contribution in [0.1, 0.15) is 52.9 Å². The Morgan fingerprint density at radius 2 is 1.89 bits per heavy atom. The van der Waals surface area contributed by atoms with Crippen LogP contribution in [0.15, 0.2) is 0 Å². The van der Waals surface area contributed by atoms with E-state index >= 15 is 0 Å². The fourth-order valence-corrected chi connectivity index (χ4v) is 2.71. The number of carbonyl (C=O) groups excluding carboxylic acids is 2. The molecule has 1 heterocycles. The Bertz CT molecular complexity index is 363. The van der Waals surface area contributed by atoms with Gasteiger partial charge in [-0.1, -0.05) is 13.8 Å². The maximum atomic E-state index is 12.6. The third-order valence-electron chi connectivity index (χ3n) is 4.72. The molecule has 0 spiro atoms. The van der Waals surface area contributed by atoms with Crippen molar-refractivity contribution in [2.24, 2.45) is 5.41 Å². The zero-order valence-corrected chi connectivity index (χ0v) is 11.7. The van der Waals surface area contributed by atoms with Gasteiger partial charge in [-0.15, -0.1) is 0 Å². The van der Waals surface area contributed by atoms with Gasteiger partial charge in [-0.25, -0.2) is 0 Å². The summed E-state index contributed by atoms with van der Waals surface area (Å²) in [6.45, 7) is 7.39. The Balaban J connectivity index is 2.14. The molecule has 2 aliphatic rings. The van der Waals surface area contributed by atoms with Crippen LogP contribution < -0.4 is 5.32 Å². The van der Waals surface area contributed by atoms with Crippen molar-refractivity contribution in [3.8, 4) is 0 Å². The summed E-state index contributed by atoms with van der Waals surface area (Å²) in [5.41, 5.74) is -0.366. The van der Waals surface area contributed by atoms with E-state index in [0.29, 0.717) is 24.8 Å². The molecule has 1 aliphatic heterocycles. The lowest BCUT2D eigenvalue weighted by Gasteiger charge is -2.33. The first-order valence-electron chi connectivity index (χ1n) is 7.05. The molecule has 2 fully saturated rings. The minimum Gasteiger partial charge on any atom is -0.342 e. The molecule has 18 heavy (non-hydrogen) atoms. The van der Waals surface area contributed by atoms with Crippen LogP contribution in [-0.2, 0) is 9.59 Å². The normalized spacial score (nSPS) is 30.9. The number of nitrogens with one attached hydrogen (secondary N) is 1. The van der Waals surface area contributed by atoms with Crippen LogP contribution in [0.5, 0.6) is 0 Å². The topological polar surface area (TPSA) is 49.4 Å². The van der Waals surface area contributed by atoms with E-state index in [1.54, 1.807) is 0 Å². The largest absolute Gasteiger partial charge is 0.342 e. The lowest BCUT2D eigenvalue weighted by Crippen LogP contribution is -2.55. The third kappa shape index (κ3) is 2.38. The first kappa shape index (κ1) is 13.4. The van der Waals surface area contributed by atoms with Gasteiger partial charge in [-0.3, -0.25) is 9.59 Å². The van der Waals surface area contributed by atoms with Gasteiger partial charge >= 0.3 is 0 Å². The van der Waals surface area contributed by atoms with Gasteiger partial charge in [0.2, 0.25) is 11.8 Å². The zero-order chi connectivity index (χ0) is 13.4. The number of hydrogen-bond donors (Lipinski definition) is 1. The average molecular weight is 252 g/mol. The van der Waals surface area contributed by atoms with Gasteiger partial charge in [0.15, 0.2) is 0 Å². The summed E-state index contributed by atoms with van der Waals surface area (Å²) in [6, 6.07) is 0. The Morgan fingerprint density at radius 1 is 1.22 bits per heavy atom. The van der Waals surface area contributed by atoms with Gasteiger partial charge < -0.3 is 10.2 Å². The van der Waals surface area contributed by atoms with Gasteiger partial charge in [-0.05, 0) is 38.0 Å². The van der Waals surface area contributed by atoms with Crippen molar-refractivity contribution in [1.29, 1.82) is 0 Å². The molecule has 1 unspecified atom stereocenters. The van der Waals surface area contributed by atoms with E-state index < -0.39 is 5.54 Å². The predicted molar refractivity (Wildman–Crippen MR) is 70.0 cm³/mol. The molecule has 0 radical (unpaired) electrons. The van der Waals surface area contributed by atoms with Crippen molar-refractivity contribution in [2.45, 2.75) is 58.4 Å². The van der Waals surface area contributed by atoms with Gasteiger partial charge in [0.1, 0.15) is 5.54 Å². The lowest BCUT2D eigenvalue weighted by atomic mass is 9.95. The summed E-state index contributed by atoms with van der Waals surface area (Å²) in [4.78, 5) is 26.2. The van der Waals surface area contributed by atoms with Crippen molar-refractivity contribution in [3.63, 3.8) is 0 Å². The Labute approximate surface area is 109 Å². The number of carbonyl (C=O) groups is 2. The van der Waals surface area contributed by atoms with Gasteiger partial charge in [0.25, 0.3) is 0 Å². The van der Waals surface area contributed by atoms with Crippen molar-refractivity contribution in [2.75, 3.05) is 13.1 Å². The third-order valence-corrected chi connectivity index (χ3v) is 4.72. The van der Waals surface area contributed by atoms with E-state index in [0.717, 1.165) is 13.0 Å². The molecule has 2 amide bonds. The highest BCUT2D eigenvalue weighted by atomic mass is 16.2. The van der Waals surface area contributed by atoms with E-state index in [1.807, 2.05) is 18.7 Å². The highest BCUT2D eigenvalue weighted by molar-refractivity contribution is 5.93. The molecule has 1 saturated carbocycles. The molecule has 4 heteroatoms. The number of rotatable bonds is 4. The number of amides is 2. The Morgan fingerprint density at radius 3 is 2.39 bits per heavy atom. The lowest BCUT2D eigenvalue weighted by molar-refractivity contribution is -0.139. The summed E-state index contributed by atoms with van der Waals surface area (Å²) in [7, 11) is 0. The summed E-state index contributed by atoms with van der Waals surface area (Å²) in [6.07, 6.45) is 4.64. The SMILES string of the molecule is CCC1(CN2CCC(=O)NC(C)(CC)C2=O)CC1. The second-order valence-corrected chi connectivity index (χ2v) is 6.06. The summed E-state index contributed by atoms with van der Waals surface area (Å²) in [5.74, 6) is 0.0899. The van der Waals surface area contributed by atoms with E-state index in [2.05, 4.69) is 12.2 Å². The highest BCUT2D eigenvalue weighted by Crippen LogP contribution is 2.49. The van der Waals surface area contributed by atoms with Crippen LogP contribution >= 0.6 is 0 Å². The monoisotopic (exact) mass is 252 g/mol. The molecule has 1 atom stereocenters. The van der Waals surface area contributed by atoms with Crippen molar-refractivity contribution in [3.05, 3.63) is 0 Å². The molecule has 1 saturated heterocycles. The molecule has 0 aromatic heterocycles. The van der Waals surface area contributed by atoms with Crippen molar-refractivity contribution >= 4 is 11.8 Å². The molecule has 2 rings (SSSR count). The summed E-state index contributed by atoms with van der Waals surface area (Å²) < 4.78 is 0. The predicted octanol–water partition coefficient (Wildman–Crippen LogP) is 1.69. The quantitative estimate of drug-likeness (QED) is 0.828. The number of hydrogen-bond acceptors (Lipinski definition) is 2. The van der Waals surface area contributed by atoms with Crippen molar-refractivity contribution in [1.82, 2.24) is 10.2 Å². The molecule has 0 bridgehead atoms. The van der Waals surface area contributed by atoms with Gasteiger partial charge in [-0.2, -0.15) is 0 Å². The van der Waals surface area contributed by atoms with Crippen LogP contribution in [0.4, 0.5) is 0 Å². The van der Waals surface area contributed by atoms with Crippen molar-refractivity contribution < 1.29 is 9.59 Å². The first-order chi connectivity index (χ1) is 8.45. The minimum atomic E-state index is -0.711. The molecular formula is C14H24N2O2. The smallest absolute Gasteiger partial charge is 0.248 e. The first-order valence-corrected chi connectivity index (χ1v) is 7.05. The van der Waals surface area contributed by atoms with E-state index in [1.165, 1.54) is 12.8 Å². The minimum absolute atomic E-state index is 0.00320. The molecule has 0 aromatic rings. The van der Waals surface area contributed by atoms with Crippen LogP contribution in [-0.4, -0.2) is 35.3 Å². The summed E-state index contributed by atoms with van der Waals surface area (Å²) >= 11 is 0. The fourth-order valence-electron chi connectivity index (χ4n) is 2.71. The maximum Gasteiger partial charge on any atom is 0.248 e. The second-order valence-electron chi connectivity index (χ2n) is 6.06. The maximum absolute atomic E-state index is 12.6. The van der Waals surface area contributed by atoms with Gasteiger partial charge in [0, 0.05) is 19.5 Å². The van der Waals surface area contributed by atoms with Crippen LogP contribution in [0.2, 0.25) is 0 Å². The van der Waals surface area contributed by atoms with E-state index in [9.17, 15) is 9.59 Å². The molecule has 102 valence electrons. The molecule has 0 aromatic carbocycles. The molecular weight excluding hydrogens is 228 g/mol. The van der Waals surface area contributed by atoms with Gasteiger partial charge in [0.05, 0.1) is 0 Å². The van der Waals surface area contributed by atoms with Crippen LogP contribution in [0.25, 0.3) is 0 Å². The van der Waals surface area contributed by atoms with Crippen LogP contribution in [0, 0.1) is 5.41 Å². The number of nitrogens with zero attached hydrogens (tertiary/aromatic N) is 1. The second kappa shape index (κ2) is 4.56. The van der Waals surface area contributed by atoms with Crippen LogP contribution in [0.3, 0.4) is 0 Å². The molecule has 1 aliphatic carbocycles. The zero-order valence-electron chi connectivity index (χ0n) is 11.7. The Kier molecular flexibility index (Phi) is 3.39. The van der Waals surface area contributed by atoms with E-state index in [-0.39, 0.29) is 11.8 Å². The highest BCUT2D eigenvalue weighted by Gasteiger charge is 2.46. The molecule has 1 N–H and O–H groups in total. The Hall–Kier alpha value is -1.06. The van der Waals surface area contributed by atoms with E-state index in [4.69, 9.17) is 0 Å². The average Bonchev–Trinajstić information content (AvgIpc) is 3.14. The standard InChI is InChI=1S/C14H24N2O2/c1-4-13(3)12(18)16(9-6-11(17)15-13)10-14(5-2)7-8-14/h4-10H2,1-3H3,(H,15,17). The summed E-state index contributed by atoms with van der Waals surface area (Å²) in [5, 5.41) is 2.88. The molecule has 4 nitrogen and oxygen atoms in total. The fraction of sp³-hybridized carbons (Fsp3) is 0.857.